The van der Waals surface area contributed by atoms with E-state index in [0.29, 0.717) is 5.92 Å². The summed E-state index contributed by atoms with van der Waals surface area (Å²) in [5, 5.41) is 0. The molecule has 0 radical (unpaired) electrons. The molecular weight excluding hydrogens is 285 g/mol. The molecule has 1 aliphatic carbocycles. The average molecular weight is 305 g/mol. The summed E-state index contributed by atoms with van der Waals surface area (Å²) in [5.41, 5.74) is 1.96. The van der Waals surface area contributed by atoms with E-state index in [1.807, 2.05) is 0 Å². The Kier molecular flexibility index (Phi) is 3.53. The minimum absolute atomic E-state index is 0.160. The lowest BCUT2D eigenvalue weighted by Gasteiger charge is -2.27. The van der Waals surface area contributed by atoms with Crippen LogP contribution in [0.25, 0.3) is 0 Å². The van der Waals surface area contributed by atoms with Crippen LogP contribution in [0, 0.1) is 11.7 Å². The second kappa shape index (κ2) is 5.52. The van der Waals surface area contributed by atoms with Gasteiger partial charge >= 0.3 is 0 Å². The SMILES string of the molecule is Fc1cc2c(c(N3CCCCCC3)c1)N=C(C1CC1)NS2. The standard InChI is InChI=1S/C16H20FN3S/c17-12-9-13(20-7-3-1-2-4-8-20)15-14(10-12)21-19-16(18-15)11-5-6-11/h9-11H,1-8H2,(H,18,19). The summed E-state index contributed by atoms with van der Waals surface area (Å²) in [6.07, 6.45) is 7.39. The van der Waals surface area contributed by atoms with Gasteiger partial charge < -0.3 is 9.62 Å². The molecule has 0 spiro atoms. The van der Waals surface area contributed by atoms with Gasteiger partial charge in [0, 0.05) is 19.0 Å². The first-order chi connectivity index (χ1) is 10.3. The van der Waals surface area contributed by atoms with E-state index < -0.39 is 0 Å². The molecule has 0 amide bonds. The molecule has 112 valence electrons. The first kappa shape index (κ1) is 13.4. The molecule has 0 atom stereocenters. The fourth-order valence-electron chi connectivity index (χ4n) is 3.09. The van der Waals surface area contributed by atoms with Crippen molar-refractivity contribution in [2.75, 3.05) is 18.0 Å². The van der Waals surface area contributed by atoms with Crippen LogP contribution in [0.4, 0.5) is 15.8 Å². The summed E-state index contributed by atoms with van der Waals surface area (Å²) < 4.78 is 17.3. The normalized spacial score (nSPS) is 22.1. The second-order valence-corrected chi connectivity index (χ2v) is 7.00. The molecule has 0 bridgehead atoms. The van der Waals surface area contributed by atoms with Crippen molar-refractivity contribution in [2.45, 2.75) is 43.4 Å². The Balaban J connectivity index is 1.74. The van der Waals surface area contributed by atoms with Crippen LogP contribution >= 0.6 is 11.9 Å². The zero-order valence-electron chi connectivity index (χ0n) is 12.1. The molecule has 3 aliphatic rings. The summed E-state index contributed by atoms with van der Waals surface area (Å²) in [5.74, 6) is 1.51. The van der Waals surface area contributed by atoms with Gasteiger partial charge in [0.15, 0.2) is 0 Å². The maximum Gasteiger partial charge on any atom is 0.126 e. The van der Waals surface area contributed by atoms with Crippen LogP contribution < -0.4 is 9.62 Å². The average Bonchev–Trinajstić information content (AvgIpc) is 3.32. The number of benzene rings is 1. The van der Waals surface area contributed by atoms with Crippen molar-refractivity contribution in [1.29, 1.82) is 0 Å². The van der Waals surface area contributed by atoms with E-state index >= 15 is 0 Å². The molecule has 1 aromatic rings. The minimum Gasteiger partial charge on any atom is -0.370 e. The minimum atomic E-state index is -0.160. The molecule has 0 unspecified atom stereocenters. The predicted octanol–water partition coefficient (Wildman–Crippen LogP) is 4.26. The Morgan fingerprint density at radius 2 is 1.90 bits per heavy atom. The Labute approximate surface area is 129 Å². The lowest BCUT2D eigenvalue weighted by molar-refractivity contribution is 0.622. The molecule has 1 saturated carbocycles. The number of amidine groups is 1. The zero-order valence-corrected chi connectivity index (χ0v) is 12.9. The number of hydrogen-bond donors (Lipinski definition) is 1. The van der Waals surface area contributed by atoms with Gasteiger partial charge in [-0.2, -0.15) is 0 Å². The Bertz CT molecular complexity index is 575. The molecule has 21 heavy (non-hydrogen) atoms. The van der Waals surface area contributed by atoms with E-state index in [4.69, 9.17) is 4.99 Å². The molecule has 3 nitrogen and oxygen atoms in total. The van der Waals surface area contributed by atoms with Crippen LogP contribution in [0.5, 0.6) is 0 Å². The van der Waals surface area contributed by atoms with Gasteiger partial charge in [0.05, 0.1) is 10.6 Å². The maximum absolute atomic E-state index is 14.0. The zero-order chi connectivity index (χ0) is 14.2. The smallest absolute Gasteiger partial charge is 0.126 e. The van der Waals surface area contributed by atoms with Crippen molar-refractivity contribution in [1.82, 2.24) is 4.72 Å². The Morgan fingerprint density at radius 3 is 2.62 bits per heavy atom. The fourth-order valence-corrected chi connectivity index (χ4v) is 3.93. The number of aliphatic imine (C=N–C) groups is 1. The van der Waals surface area contributed by atoms with Crippen molar-refractivity contribution in [3.63, 3.8) is 0 Å². The number of nitrogens with one attached hydrogen (secondary N) is 1. The third-order valence-corrected chi connectivity index (χ3v) is 5.27. The number of fused-ring (bicyclic) bond motifs is 1. The van der Waals surface area contributed by atoms with Gasteiger partial charge in [-0.3, -0.25) is 0 Å². The van der Waals surface area contributed by atoms with E-state index in [1.54, 1.807) is 12.1 Å². The van der Waals surface area contributed by atoms with Crippen LogP contribution in [0.2, 0.25) is 0 Å². The second-order valence-electron chi connectivity index (χ2n) is 6.15. The van der Waals surface area contributed by atoms with E-state index in [9.17, 15) is 4.39 Å². The third-order valence-electron chi connectivity index (χ3n) is 4.43. The summed E-state index contributed by atoms with van der Waals surface area (Å²) in [7, 11) is 0. The molecule has 4 rings (SSSR count). The summed E-state index contributed by atoms with van der Waals surface area (Å²) in [4.78, 5) is 8.07. The third kappa shape index (κ3) is 2.76. The quantitative estimate of drug-likeness (QED) is 0.828. The largest absolute Gasteiger partial charge is 0.370 e. The van der Waals surface area contributed by atoms with Crippen LogP contribution in [-0.2, 0) is 0 Å². The van der Waals surface area contributed by atoms with Crippen molar-refractivity contribution in [3.05, 3.63) is 17.9 Å². The molecule has 1 aromatic carbocycles. The van der Waals surface area contributed by atoms with E-state index in [0.717, 1.165) is 35.2 Å². The molecule has 2 fully saturated rings. The molecule has 2 heterocycles. The lowest BCUT2D eigenvalue weighted by Crippen LogP contribution is -2.26. The highest BCUT2D eigenvalue weighted by Gasteiger charge is 2.31. The van der Waals surface area contributed by atoms with Gasteiger partial charge in [0.25, 0.3) is 0 Å². The molecule has 1 saturated heterocycles. The topological polar surface area (TPSA) is 27.6 Å². The Hall–Kier alpha value is -1.23. The molecule has 1 N–H and O–H groups in total. The van der Waals surface area contributed by atoms with Gasteiger partial charge in [0.1, 0.15) is 17.3 Å². The first-order valence-corrected chi connectivity index (χ1v) is 8.73. The van der Waals surface area contributed by atoms with E-state index in [1.165, 1.54) is 50.5 Å². The van der Waals surface area contributed by atoms with E-state index in [2.05, 4.69) is 9.62 Å². The fraction of sp³-hybridized carbons (Fsp3) is 0.562. The molecule has 2 aliphatic heterocycles. The van der Waals surface area contributed by atoms with Crippen molar-refractivity contribution >= 4 is 29.2 Å². The van der Waals surface area contributed by atoms with Gasteiger partial charge in [-0.05, 0) is 49.8 Å². The number of rotatable bonds is 2. The summed E-state index contributed by atoms with van der Waals surface area (Å²) in [6.45, 7) is 2.03. The van der Waals surface area contributed by atoms with Crippen molar-refractivity contribution in [3.8, 4) is 0 Å². The summed E-state index contributed by atoms with van der Waals surface area (Å²) >= 11 is 1.52. The molecule has 0 aromatic heterocycles. The number of halogens is 1. The Morgan fingerprint density at radius 1 is 1.14 bits per heavy atom. The summed E-state index contributed by atoms with van der Waals surface area (Å²) in [6, 6.07) is 3.27. The lowest BCUT2D eigenvalue weighted by atomic mass is 10.2. The monoisotopic (exact) mass is 305 g/mol. The van der Waals surface area contributed by atoms with Crippen molar-refractivity contribution < 1.29 is 4.39 Å². The highest BCUT2D eigenvalue weighted by molar-refractivity contribution is 7.98. The van der Waals surface area contributed by atoms with Crippen molar-refractivity contribution in [2.24, 2.45) is 10.9 Å². The number of nitrogens with zero attached hydrogens (tertiary/aromatic N) is 2. The molecular formula is C16H20FN3S. The van der Waals surface area contributed by atoms with Gasteiger partial charge in [-0.25, -0.2) is 9.38 Å². The molecule has 5 heteroatoms. The van der Waals surface area contributed by atoms with Gasteiger partial charge in [0.2, 0.25) is 0 Å². The maximum atomic E-state index is 14.0. The van der Waals surface area contributed by atoms with Crippen LogP contribution in [0.15, 0.2) is 22.0 Å². The first-order valence-electron chi connectivity index (χ1n) is 7.91. The highest BCUT2D eigenvalue weighted by Crippen LogP contribution is 2.44. The van der Waals surface area contributed by atoms with Crippen LogP contribution in [0.1, 0.15) is 38.5 Å². The number of hydrogen-bond acceptors (Lipinski definition) is 4. The predicted molar refractivity (Wildman–Crippen MR) is 85.9 cm³/mol. The van der Waals surface area contributed by atoms with Gasteiger partial charge in [-0.1, -0.05) is 12.8 Å². The number of anilines is 1. The van der Waals surface area contributed by atoms with Crippen LogP contribution in [-0.4, -0.2) is 18.9 Å². The van der Waals surface area contributed by atoms with Crippen LogP contribution in [0.3, 0.4) is 0 Å². The highest BCUT2D eigenvalue weighted by atomic mass is 32.2. The van der Waals surface area contributed by atoms with Gasteiger partial charge in [-0.15, -0.1) is 0 Å². The van der Waals surface area contributed by atoms with E-state index in [-0.39, 0.29) is 5.82 Å².